The maximum absolute atomic E-state index is 12.0. The Hall–Kier alpha value is -3.06. The van der Waals surface area contributed by atoms with Crippen LogP contribution in [0.4, 0.5) is 4.79 Å². The summed E-state index contributed by atoms with van der Waals surface area (Å²) in [6, 6.07) is 18.7. The summed E-state index contributed by atoms with van der Waals surface area (Å²) >= 11 is 0. The number of amides is 1. The van der Waals surface area contributed by atoms with E-state index in [1.54, 1.807) is 0 Å². The molecule has 1 aliphatic carbocycles. The Labute approximate surface area is 189 Å². The predicted molar refractivity (Wildman–Crippen MR) is 124 cm³/mol. The molecule has 6 nitrogen and oxygen atoms in total. The van der Waals surface area contributed by atoms with Crippen molar-refractivity contribution < 1.29 is 9.53 Å². The number of nitrogens with one attached hydrogen (secondary N) is 2. The molecule has 7 heteroatoms. The third kappa shape index (κ3) is 4.58. The van der Waals surface area contributed by atoms with Gasteiger partial charge in [-0.3, -0.25) is 0 Å². The van der Waals surface area contributed by atoms with Crippen LogP contribution < -0.4 is 5.32 Å². The molecule has 2 aliphatic rings. The van der Waals surface area contributed by atoms with Gasteiger partial charge >= 0.3 is 6.09 Å². The highest BCUT2D eigenvalue weighted by Crippen LogP contribution is 2.37. The lowest BCUT2D eigenvalue weighted by Crippen LogP contribution is -2.43. The molecule has 3 aromatic rings. The van der Waals surface area contributed by atoms with E-state index < -0.39 is 0 Å². The number of aromatic amines is 1. The highest BCUT2D eigenvalue weighted by molar-refractivity contribution is 6.04. The summed E-state index contributed by atoms with van der Waals surface area (Å²) < 4.78 is 5.32. The average molecular weight is 426 g/mol. The van der Waals surface area contributed by atoms with E-state index in [1.807, 2.05) is 41.3 Å². The molecular weight excluding hydrogens is 399 g/mol. The quantitative estimate of drug-likeness (QED) is 0.571. The Kier molecular flexibility index (Phi) is 5.99. The number of nitrogens with zero attached hydrogens (tertiary/aromatic N) is 2. The summed E-state index contributed by atoms with van der Waals surface area (Å²) in [7, 11) is 6.06. The van der Waals surface area contributed by atoms with Gasteiger partial charge < -0.3 is 19.8 Å². The van der Waals surface area contributed by atoms with Crippen LogP contribution in [-0.2, 0) is 11.3 Å². The second kappa shape index (κ2) is 9.21. The lowest BCUT2D eigenvalue weighted by Gasteiger charge is -2.35. The molecule has 1 saturated carbocycles. The molecule has 2 N–H and O–H groups in total. The third-order valence-corrected chi connectivity index (χ3v) is 6.57. The van der Waals surface area contributed by atoms with E-state index in [0.717, 1.165) is 54.9 Å². The van der Waals surface area contributed by atoms with Gasteiger partial charge in [0.15, 0.2) is 7.98 Å². The number of benzene rings is 2. The molecule has 32 heavy (non-hydrogen) atoms. The van der Waals surface area contributed by atoms with Crippen LogP contribution in [0.15, 0.2) is 60.8 Å². The Morgan fingerprint density at radius 3 is 2.66 bits per heavy atom. The fourth-order valence-electron chi connectivity index (χ4n) is 4.61. The largest absolute Gasteiger partial charge is 0.445 e. The van der Waals surface area contributed by atoms with Gasteiger partial charge in [-0.15, -0.1) is 0 Å². The number of carbonyl (C=O) groups excluding carboxylic acids is 1. The third-order valence-electron chi connectivity index (χ3n) is 6.57. The molecule has 2 radical (unpaired) electrons. The lowest BCUT2D eigenvalue weighted by atomic mass is 9.76. The van der Waals surface area contributed by atoms with Crippen LogP contribution >= 0.6 is 0 Å². The normalized spacial score (nSPS) is 22.9. The predicted octanol–water partition coefficient (Wildman–Crippen LogP) is 4.47. The summed E-state index contributed by atoms with van der Waals surface area (Å²) in [4.78, 5) is 21.9. The Morgan fingerprint density at radius 2 is 1.94 bits per heavy atom. The van der Waals surface area contributed by atoms with Gasteiger partial charge in [-0.1, -0.05) is 54.6 Å². The fourth-order valence-corrected chi connectivity index (χ4v) is 4.61. The van der Waals surface area contributed by atoms with E-state index in [9.17, 15) is 4.79 Å². The van der Waals surface area contributed by atoms with Crippen molar-refractivity contribution in [2.45, 2.75) is 50.3 Å². The second-order valence-corrected chi connectivity index (χ2v) is 8.77. The minimum Gasteiger partial charge on any atom is -0.445 e. The average Bonchev–Trinajstić information content (AvgIpc) is 3.44. The SMILES string of the molecule is [B]N1CCC[C@H]1c1ncc(-c2ccc(C3CC(NC(=O)OCc4ccccc4)C3)cc2)[nH]1. The van der Waals surface area contributed by atoms with Gasteiger partial charge in [0.05, 0.1) is 17.9 Å². The molecule has 0 bridgehead atoms. The van der Waals surface area contributed by atoms with Gasteiger partial charge in [0, 0.05) is 6.04 Å². The highest BCUT2D eigenvalue weighted by atomic mass is 16.5. The molecule has 1 saturated heterocycles. The Bertz CT molecular complexity index is 1050. The number of ether oxygens (including phenoxy) is 1. The topological polar surface area (TPSA) is 70.2 Å². The van der Waals surface area contributed by atoms with E-state index in [0.29, 0.717) is 12.5 Å². The van der Waals surface area contributed by atoms with Gasteiger partial charge in [-0.2, -0.15) is 0 Å². The number of rotatable bonds is 6. The van der Waals surface area contributed by atoms with Crippen molar-refractivity contribution in [2.75, 3.05) is 6.54 Å². The lowest BCUT2D eigenvalue weighted by molar-refractivity contribution is 0.127. The molecule has 2 aromatic carbocycles. The van der Waals surface area contributed by atoms with Crippen molar-refractivity contribution in [1.82, 2.24) is 20.1 Å². The number of carbonyl (C=O) groups is 1. The molecule has 5 rings (SSSR count). The van der Waals surface area contributed by atoms with Crippen LogP contribution in [0.25, 0.3) is 11.3 Å². The summed E-state index contributed by atoms with van der Waals surface area (Å²) in [5.74, 6) is 1.40. The summed E-state index contributed by atoms with van der Waals surface area (Å²) in [6.45, 7) is 1.21. The molecule has 162 valence electrons. The molecule has 1 aliphatic heterocycles. The van der Waals surface area contributed by atoms with Crippen LogP contribution in [0.3, 0.4) is 0 Å². The van der Waals surface area contributed by atoms with Crippen molar-refractivity contribution >= 4 is 14.1 Å². The molecule has 2 fully saturated rings. The van der Waals surface area contributed by atoms with Gasteiger partial charge in [-0.05, 0) is 54.8 Å². The first-order chi connectivity index (χ1) is 15.7. The van der Waals surface area contributed by atoms with Gasteiger partial charge in [-0.25, -0.2) is 9.78 Å². The zero-order valence-corrected chi connectivity index (χ0v) is 18.0. The van der Waals surface area contributed by atoms with Crippen molar-refractivity contribution in [3.63, 3.8) is 0 Å². The van der Waals surface area contributed by atoms with E-state index in [2.05, 4.69) is 39.6 Å². The van der Waals surface area contributed by atoms with Crippen LogP contribution in [-0.4, -0.2) is 41.4 Å². The number of hydrogen-bond donors (Lipinski definition) is 2. The molecule has 1 amide bonds. The van der Waals surface area contributed by atoms with Crippen molar-refractivity contribution in [2.24, 2.45) is 0 Å². The van der Waals surface area contributed by atoms with E-state index in [4.69, 9.17) is 12.7 Å². The molecule has 0 spiro atoms. The van der Waals surface area contributed by atoms with Gasteiger partial charge in [0.1, 0.15) is 12.4 Å². The highest BCUT2D eigenvalue weighted by Gasteiger charge is 2.32. The molecule has 1 atom stereocenters. The number of aromatic nitrogens is 2. The second-order valence-electron chi connectivity index (χ2n) is 8.77. The summed E-state index contributed by atoms with van der Waals surface area (Å²) in [5, 5.41) is 2.97. The van der Waals surface area contributed by atoms with Gasteiger partial charge in [0.2, 0.25) is 0 Å². The first-order valence-electron chi connectivity index (χ1n) is 11.3. The summed E-state index contributed by atoms with van der Waals surface area (Å²) in [6.07, 6.45) is 5.55. The van der Waals surface area contributed by atoms with E-state index in [-0.39, 0.29) is 18.2 Å². The Morgan fingerprint density at radius 1 is 1.16 bits per heavy atom. The Balaban J connectivity index is 1.10. The van der Waals surface area contributed by atoms with Crippen molar-refractivity contribution in [1.29, 1.82) is 0 Å². The minimum absolute atomic E-state index is 0.170. The van der Waals surface area contributed by atoms with Crippen LogP contribution in [0.1, 0.15) is 54.6 Å². The molecule has 2 heterocycles. The maximum atomic E-state index is 12.0. The van der Waals surface area contributed by atoms with Crippen molar-refractivity contribution in [3.8, 4) is 11.3 Å². The first-order valence-corrected chi connectivity index (χ1v) is 11.3. The first kappa shape index (κ1) is 20.8. The summed E-state index contributed by atoms with van der Waals surface area (Å²) in [5.41, 5.74) is 4.42. The van der Waals surface area contributed by atoms with E-state index >= 15 is 0 Å². The standard InChI is InChI=1S/C25H27BN4O2/c26-30-12-4-7-23(30)24-27-15-22(29-24)19-10-8-18(9-11-19)20-13-21(14-20)28-25(31)32-16-17-5-2-1-3-6-17/h1-3,5-6,8-11,15,20-21,23H,4,7,12-14,16H2,(H,27,29)(H,28,31)/t20?,21?,23-/m0/s1. The molecule has 1 aromatic heterocycles. The molecular formula is C25H27BN4O2. The van der Waals surface area contributed by atoms with E-state index in [1.165, 1.54) is 5.56 Å². The maximum Gasteiger partial charge on any atom is 0.407 e. The number of H-pyrrole nitrogens is 1. The minimum atomic E-state index is -0.346. The van der Waals surface area contributed by atoms with Crippen LogP contribution in [0, 0.1) is 0 Å². The van der Waals surface area contributed by atoms with Crippen LogP contribution in [0.5, 0.6) is 0 Å². The number of hydrogen-bond acceptors (Lipinski definition) is 4. The van der Waals surface area contributed by atoms with Crippen molar-refractivity contribution in [3.05, 3.63) is 77.7 Å². The zero-order valence-electron chi connectivity index (χ0n) is 18.0. The number of alkyl carbamates (subject to hydrolysis) is 1. The van der Waals surface area contributed by atoms with Crippen LogP contribution in [0.2, 0.25) is 0 Å². The number of imidazole rings is 1. The molecule has 0 unspecified atom stereocenters. The smallest absolute Gasteiger partial charge is 0.407 e. The fraction of sp³-hybridized carbons (Fsp3) is 0.360. The zero-order chi connectivity index (χ0) is 21.9. The monoisotopic (exact) mass is 426 g/mol. The van der Waals surface area contributed by atoms with Gasteiger partial charge in [0.25, 0.3) is 0 Å².